The number of fused-ring (bicyclic) bond motifs is 1. The maximum Gasteiger partial charge on any atom is 0.250 e. The topological polar surface area (TPSA) is 37.8 Å². The highest BCUT2D eigenvalue weighted by molar-refractivity contribution is 9.10. The number of rotatable bonds is 2. The highest BCUT2D eigenvalue weighted by Gasteiger charge is 2.28. The molecule has 0 aliphatic carbocycles. The van der Waals surface area contributed by atoms with Crippen LogP contribution >= 0.6 is 62.3 Å². The number of benzene rings is 2. The maximum absolute atomic E-state index is 5.96. The average molecular weight is 452 g/mol. The number of anilines is 2. The Hall–Kier alpha value is -0.780. The first-order valence-electron chi connectivity index (χ1n) is 6.40. The Balaban J connectivity index is 2.15. The molecule has 0 atom stereocenters. The van der Waals surface area contributed by atoms with Gasteiger partial charge in [-0.15, -0.1) is 0 Å². The molecule has 1 N–H and O–H groups in total. The van der Waals surface area contributed by atoms with E-state index in [1.54, 1.807) is 12.1 Å². The zero-order valence-corrected chi connectivity index (χ0v) is 15.9. The molecule has 1 aromatic heterocycles. The highest BCUT2D eigenvalue weighted by Crippen LogP contribution is 2.38. The Bertz CT molecular complexity index is 880. The van der Waals surface area contributed by atoms with Crippen molar-refractivity contribution in [2.24, 2.45) is 0 Å². The zero-order chi connectivity index (χ0) is 16.6. The van der Waals surface area contributed by atoms with Gasteiger partial charge in [0.2, 0.25) is 3.79 Å². The lowest BCUT2D eigenvalue weighted by molar-refractivity contribution is 0.999. The summed E-state index contributed by atoms with van der Waals surface area (Å²) in [6.45, 7) is 0. The summed E-state index contributed by atoms with van der Waals surface area (Å²) in [5, 5.41) is 4.66. The molecule has 0 unspecified atom stereocenters. The summed E-state index contributed by atoms with van der Waals surface area (Å²) in [6.07, 6.45) is 0. The molecule has 0 amide bonds. The Morgan fingerprint density at radius 3 is 2.43 bits per heavy atom. The van der Waals surface area contributed by atoms with Crippen molar-refractivity contribution in [3.05, 3.63) is 57.8 Å². The molecule has 3 aromatic rings. The highest BCUT2D eigenvalue weighted by atomic mass is 79.9. The summed E-state index contributed by atoms with van der Waals surface area (Å²) in [5.41, 5.74) is 1.46. The van der Waals surface area contributed by atoms with Gasteiger partial charge in [-0.2, -0.15) is 0 Å². The minimum absolute atomic E-state index is 0.105. The second-order valence-electron chi connectivity index (χ2n) is 4.66. The fourth-order valence-electron chi connectivity index (χ4n) is 2.02. The SMILES string of the molecule is Clc1ccc(Nc2nc(C(Cl)(Cl)Cl)nc3ccccc23)c(Br)c1. The van der Waals surface area contributed by atoms with Gasteiger partial charge in [-0.1, -0.05) is 58.5 Å². The van der Waals surface area contributed by atoms with Gasteiger partial charge in [0.05, 0.1) is 11.2 Å². The van der Waals surface area contributed by atoms with E-state index in [0.29, 0.717) is 16.4 Å². The van der Waals surface area contributed by atoms with Crippen molar-refractivity contribution in [1.82, 2.24) is 9.97 Å². The first-order chi connectivity index (χ1) is 10.8. The van der Waals surface area contributed by atoms with Crippen molar-refractivity contribution in [2.75, 3.05) is 5.32 Å². The summed E-state index contributed by atoms with van der Waals surface area (Å²) in [6, 6.07) is 12.9. The third kappa shape index (κ3) is 3.83. The van der Waals surface area contributed by atoms with Crippen LogP contribution in [0, 0.1) is 0 Å². The first-order valence-corrected chi connectivity index (χ1v) is 8.71. The number of hydrogen-bond acceptors (Lipinski definition) is 3. The summed E-state index contributed by atoms with van der Waals surface area (Å²) in [7, 11) is 0. The number of hydrogen-bond donors (Lipinski definition) is 1. The Morgan fingerprint density at radius 1 is 1.00 bits per heavy atom. The number of para-hydroxylation sites is 1. The standard InChI is InChI=1S/C15H8BrCl4N3/c16-10-7-8(17)5-6-12(10)21-13-9-3-1-2-4-11(9)22-14(23-13)15(18,19)20/h1-7H,(H,21,22,23). The molecule has 0 bridgehead atoms. The quantitative estimate of drug-likeness (QED) is 0.445. The first kappa shape index (κ1) is 17.1. The monoisotopic (exact) mass is 449 g/mol. The van der Waals surface area contributed by atoms with Crippen LogP contribution in [0.1, 0.15) is 5.82 Å². The van der Waals surface area contributed by atoms with E-state index in [1.165, 1.54) is 0 Å². The van der Waals surface area contributed by atoms with Gasteiger partial charge in [0.15, 0.2) is 5.82 Å². The second kappa shape index (κ2) is 6.61. The lowest BCUT2D eigenvalue weighted by atomic mass is 10.2. The molecule has 23 heavy (non-hydrogen) atoms. The smallest absolute Gasteiger partial charge is 0.250 e. The normalized spacial score (nSPS) is 11.7. The molecule has 8 heteroatoms. The van der Waals surface area contributed by atoms with Crippen LogP contribution in [0.5, 0.6) is 0 Å². The predicted molar refractivity (Wildman–Crippen MR) is 101 cm³/mol. The van der Waals surface area contributed by atoms with Crippen LogP contribution < -0.4 is 5.32 Å². The lowest BCUT2D eigenvalue weighted by Gasteiger charge is -2.15. The summed E-state index contributed by atoms with van der Waals surface area (Å²) >= 11 is 27.2. The van der Waals surface area contributed by atoms with Gasteiger partial charge in [-0.05, 0) is 46.3 Å². The number of aromatic nitrogens is 2. The fraction of sp³-hybridized carbons (Fsp3) is 0.0667. The van der Waals surface area contributed by atoms with Crippen molar-refractivity contribution in [1.29, 1.82) is 0 Å². The Labute approximate surface area is 161 Å². The average Bonchev–Trinajstić information content (AvgIpc) is 2.49. The third-order valence-electron chi connectivity index (χ3n) is 3.04. The van der Waals surface area contributed by atoms with Crippen molar-refractivity contribution in [3.63, 3.8) is 0 Å². The van der Waals surface area contributed by atoms with Crippen LogP contribution in [-0.2, 0) is 3.79 Å². The maximum atomic E-state index is 5.96. The molecular formula is C15H8BrCl4N3. The molecule has 0 fully saturated rings. The van der Waals surface area contributed by atoms with E-state index in [9.17, 15) is 0 Å². The minimum atomic E-state index is -1.71. The molecule has 3 nitrogen and oxygen atoms in total. The Morgan fingerprint density at radius 2 is 1.74 bits per heavy atom. The number of nitrogens with zero attached hydrogens (tertiary/aromatic N) is 2. The molecular weight excluding hydrogens is 444 g/mol. The van der Waals surface area contributed by atoms with Gasteiger partial charge in [0, 0.05) is 14.9 Å². The van der Waals surface area contributed by atoms with Crippen LogP contribution in [0.4, 0.5) is 11.5 Å². The van der Waals surface area contributed by atoms with Crippen LogP contribution in [0.25, 0.3) is 10.9 Å². The summed E-state index contributed by atoms with van der Waals surface area (Å²) in [5.74, 6) is 0.647. The molecule has 0 spiro atoms. The van der Waals surface area contributed by atoms with E-state index in [0.717, 1.165) is 15.5 Å². The van der Waals surface area contributed by atoms with E-state index < -0.39 is 3.79 Å². The molecule has 0 aliphatic rings. The molecule has 118 valence electrons. The molecule has 0 saturated carbocycles. The van der Waals surface area contributed by atoms with Gasteiger partial charge in [0.1, 0.15) is 5.82 Å². The fourth-order valence-corrected chi connectivity index (χ4v) is 3.05. The largest absolute Gasteiger partial charge is 0.339 e. The van der Waals surface area contributed by atoms with Crippen molar-refractivity contribution >= 4 is 84.7 Å². The number of halogens is 5. The van der Waals surface area contributed by atoms with E-state index in [1.807, 2.05) is 30.3 Å². The Kier molecular flexibility index (Phi) is 4.90. The van der Waals surface area contributed by atoms with Gasteiger partial charge in [-0.3, -0.25) is 0 Å². The van der Waals surface area contributed by atoms with E-state index >= 15 is 0 Å². The van der Waals surface area contributed by atoms with Gasteiger partial charge in [-0.25, -0.2) is 9.97 Å². The summed E-state index contributed by atoms with van der Waals surface area (Å²) in [4.78, 5) is 8.66. The van der Waals surface area contributed by atoms with Gasteiger partial charge < -0.3 is 5.32 Å². The van der Waals surface area contributed by atoms with Crippen molar-refractivity contribution in [3.8, 4) is 0 Å². The summed E-state index contributed by atoms with van der Waals surface area (Å²) < 4.78 is -0.916. The van der Waals surface area contributed by atoms with E-state index in [4.69, 9.17) is 46.4 Å². The van der Waals surface area contributed by atoms with Crippen molar-refractivity contribution < 1.29 is 0 Å². The molecule has 0 aliphatic heterocycles. The number of alkyl halides is 3. The zero-order valence-electron chi connectivity index (χ0n) is 11.3. The van der Waals surface area contributed by atoms with Gasteiger partial charge >= 0.3 is 0 Å². The van der Waals surface area contributed by atoms with Gasteiger partial charge in [0.25, 0.3) is 0 Å². The van der Waals surface area contributed by atoms with Crippen LogP contribution in [0.2, 0.25) is 5.02 Å². The van der Waals surface area contributed by atoms with Crippen LogP contribution in [-0.4, -0.2) is 9.97 Å². The van der Waals surface area contributed by atoms with Crippen LogP contribution in [0.3, 0.4) is 0 Å². The van der Waals surface area contributed by atoms with E-state index in [-0.39, 0.29) is 5.82 Å². The van der Waals surface area contributed by atoms with Crippen LogP contribution in [0.15, 0.2) is 46.9 Å². The number of nitrogens with one attached hydrogen (secondary N) is 1. The molecule has 3 rings (SSSR count). The molecule has 0 saturated heterocycles. The molecule has 2 aromatic carbocycles. The third-order valence-corrected chi connectivity index (χ3v) is 4.44. The molecule has 0 radical (unpaired) electrons. The predicted octanol–water partition coefficient (Wildman–Crippen LogP) is 6.62. The lowest BCUT2D eigenvalue weighted by Crippen LogP contribution is -2.09. The second-order valence-corrected chi connectivity index (χ2v) is 8.23. The van der Waals surface area contributed by atoms with Crippen molar-refractivity contribution in [2.45, 2.75) is 3.79 Å². The van der Waals surface area contributed by atoms with E-state index in [2.05, 4.69) is 31.2 Å². The molecule has 1 heterocycles. The minimum Gasteiger partial charge on any atom is -0.339 e.